The number of benzene rings is 1. The quantitative estimate of drug-likeness (QED) is 0.580. The highest BCUT2D eigenvalue weighted by molar-refractivity contribution is 9.11. The second-order valence-corrected chi connectivity index (χ2v) is 6.13. The van der Waals surface area contributed by atoms with Crippen LogP contribution in [0.5, 0.6) is 0 Å². The molecule has 0 unspecified atom stereocenters. The summed E-state index contributed by atoms with van der Waals surface area (Å²) in [5.41, 5.74) is 1.28. The van der Waals surface area contributed by atoms with Crippen molar-refractivity contribution in [3.63, 3.8) is 0 Å². The van der Waals surface area contributed by atoms with E-state index in [2.05, 4.69) is 60.9 Å². The molecule has 1 heterocycles. The van der Waals surface area contributed by atoms with Crippen molar-refractivity contribution in [3.05, 3.63) is 50.9 Å². The fourth-order valence-corrected chi connectivity index (χ4v) is 3.39. The van der Waals surface area contributed by atoms with Crippen LogP contribution < -0.4 is 0 Å². The zero-order valence-corrected chi connectivity index (χ0v) is 13.1. The van der Waals surface area contributed by atoms with E-state index in [-0.39, 0.29) is 0 Å². The number of nitrogens with zero attached hydrogens (tertiary/aromatic N) is 2. The SMILES string of the molecule is Cc1ccccc1SCc1nc(Br)cc(Br)n1. The van der Waals surface area contributed by atoms with Crippen LogP contribution in [0.3, 0.4) is 0 Å². The van der Waals surface area contributed by atoms with Gasteiger partial charge in [-0.25, -0.2) is 9.97 Å². The van der Waals surface area contributed by atoms with Crippen LogP contribution in [0.25, 0.3) is 0 Å². The van der Waals surface area contributed by atoms with Crippen LogP contribution in [-0.4, -0.2) is 9.97 Å². The molecule has 2 rings (SSSR count). The third-order valence-electron chi connectivity index (χ3n) is 2.16. The molecule has 88 valence electrons. The minimum absolute atomic E-state index is 0.767. The molecule has 0 radical (unpaired) electrons. The molecule has 0 atom stereocenters. The van der Waals surface area contributed by atoms with E-state index in [1.807, 2.05) is 18.2 Å². The lowest BCUT2D eigenvalue weighted by atomic mass is 10.2. The number of halogens is 2. The molecule has 0 amide bonds. The fourth-order valence-electron chi connectivity index (χ4n) is 1.36. The molecule has 0 spiro atoms. The molecule has 0 saturated heterocycles. The first kappa shape index (κ1) is 13.1. The lowest BCUT2D eigenvalue weighted by Crippen LogP contribution is -1.93. The zero-order chi connectivity index (χ0) is 12.3. The van der Waals surface area contributed by atoms with Gasteiger partial charge in [0.1, 0.15) is 15.0 Å². The van der Waals surface area contributed by atoms with Crippen molar-refractivity contribution in [3.8, 4) is 0 Å². The van der Waals surface area contributed by atoms with Crippen molar-refractivity contribution < 1.29 is 0 Å². The van der Waals surface area contributed by atoms with Crippen LogP contribution in [0.15, 0.2) is 44.4 Å². The van der Waals surface area contributed by atoms with E-state index < -0.39 is 0 Å². The predicted molar refractivity (Wildman–Crippen MR) is 78.2 cm³/mol. The Balaban J connectivity index is 2.10. The number of hydrogen-bond donors (Lipinski definition) is 0. The highest BCUT2D eigenvalue weighted by atomic mass is 79.9. The molecule has 2 aromatic rings. The van der Waals surface area contributed by atoms with E-state index in [0.717, 1.165) is 20.8 Å². The van der Waals surface area contributed by atoms with Crippen LogP contribution in [-0.2, 0) is 5.75 Å². The summed E-state index contributed by atoms with van der Waals surface area (Å²) in [4.78, 5) is 9.94. The van der Waals surface area contributed by atoms with Gasteiger partial charge in [-0.15, -0.1) is 11.8 Å². The van der Waals surface area contributed by atoms with Gasteiger partial charge in [-0.3, -0.25) is 0 Å². The molecule has 0 aliphatic heterocycles. The van der Waals surface area contributed by atoms with Gasteiger partial charge in [-0.1, -0.05) is 18.2 Å². The number of thioether (sulfide) groups is 1. The minimum Gasteiger partial charge on any atom is -0.225 e. The maximum absolute atomic E-state index is 4.33. The highest BCUT2D eigenvalue weighted by Gasteiger charge is 2.03. The maximum Gasteiger partial charge on any atom is 0.141 e. The van der Waals surface area contributed by atoms with E-state index in [9.17, 15) is 0 Å². The highest BCUT2D eigenvalue weighted by Crippen LogP contribution is 2.25. The van der Waals surface area contributed by atoms with Crippen molar-refractivity contribution in [1.29, 1.82) is 0 Å². The topological polar surface area (TPSA) is 25.8 Å². The molecule has 0 N–H and O–H groups in total. The monoisotopic (exact) mass is 372 g/mol. The van der Waals surface area contributed by atoms with Crippen LogP contribution in [0, 0.1) is 6.92 Å². The van der Waals surface area contributed by atoms with E-state index in [4.69, 9.17) is 0 Å². The Labute approximate surface area is 122 Å². The standard InChI is InChI=1S/C12H10Br2N2S/c1-8-4-2-3-5-9(8)17-7-12-15-10(13)6-11(14)16-12/h2-6H,7H2,1H3. The third-order valence-corrected chi connectivity index (χ3v) is 4.14. The molecule has 17 heavy (non-hydrogen) atoms. The Morgan fingerprint density at radius 3 is 2.41 bits per heavy atom. The summed E-state index contributed by atoms with van der Waals surface area (Å²) in [6, 6.07) is 10.2. The summed E-state index contributed by atoms with van der Waals surface area (Å²) in [5.74, 6) is 1.59. The lowest BCUT2D eigenvalue weighted by Gasteiger charge is -2.04. The van der Waals surface area contributed by atoms with Crippen molar-refractivity contribution in [1.82, 2.24) is 9.97 Å². The molecule has 1 aromatic heterocycles. The van der Waals surface area contributed by atoms with Gasteiger partial charge in [0.05, 0.1) is 5.75 Å². The Morgan fingerprint density at radius 2 is 1.76 bits per heavy atom. The minimum atomic E-state index is 0.767. The predicted octanol–water partition coefficient (Wildman–Crippen LogP) is 4.60. The second-order valence-electron chi connectivity index (χ2n) is 3.48. The molecule has 0 saturated carbocycles. The lowest BCUT2D eigenvalue weighted by molar-refractivity contribution is 0.996. The molecule has 1 aromatic carbocycles. The van der Waals surface area contributed by atoms with E-state index in [1.54, 1.807) is 11.8 Å². The number of rotatable bonds is 3. The first-order valence-electron chi connectivity index (χ1n) is 5.02. The van der Waals surface area contributed by atoms with Crippen LogP contribution in [0.2, 0.25) is 0 Å². The van der Waals surface area contributed by atoms with Gasteiger partial charge >= 0.3 is 0 Å². The number of aryl methyl sites for hydroxylation is 1. The molecule has 0 fully saturated rings. The van der Waals surface area contributed by atoms with Gasteiger partial charge in [0, 0.05) is 11.0 Å². The van der Waals surface area contributed by atoms with Crippen molar-refractivity contribution >= 4 is 43.6 Å². The van der Waals surface area contributed by atoms with E-state index >= 15 is 0 Å². The maximum atomic E-state index is 4.33. The van der Waals surface area contributed by atoms with Crippen molar-refractivity contribution in [2.45, 2.75) is 17.6 Å². The fraction of sp³-hybridized carbons (Fsp3) is 0.167. The zero-order valence-electron chi connectivity index (χ0n) is 9.15. The summed E-state index contributed by atoms with van der Waals surface area (Å²) in [7, 11) is 0. The number of aromatic nitrogens is 2. The molecule has 2 nitrogen and oxygen atoms in total. The molecular formula is C12H10Br2N2S. The van der Waals surface area contributed by atoms with Gasteiger partial charge in [-0.05, 0) is 50.4 Å². The van der Waals surface area contributed by atoms with Crippen LogP contribution in [0.1, 0.15) is 11.4 Å². The second kappa shape index (κ2) is 5.98. The summed E-state index contributed by atoms with van der Waals surface area (Å²) in [6.45, 7) is 2.11. The summed E-state index contributed by atoms with van der Waals surface area (Å²) >= 11 is 8.48. The van der Waals surface area contributed by atoms with Crippen molar-refractivity contribution in [2.24, 2.45) is 0 Å². The first-order valence-corrected chi connectivity index (χ1v) is 7.60. The van der Waals surface area contributed by atoms with Gasteiger partial charge in [0.25, 0.3) is 0 Å². The van der Waals surface area contributed by atoms with Gasteiger partial charge < -0.3 is 0 Å². The summed E-state index contributed by atoms with van der Waals surface area (Å²) < 4.78 is 1.61. The Morgan fingerprint density at radius 1 is 1.12 bits per heavy atom. The van der Waals surface area contributed by atoms with E-state index in [1.165, 1.54) is 10.5 Å². The summed E-state index contributed by atoms with van der Waals surface area (Å²) in [6.07, 6.45) is 0. The average molecular weight is 374 g/mol. The number of hydrogen-bond acceptors (Lipinski definition) is 3. The smallest absolute Gasteiger partial charge is 0.141 e. The average Bonchev–Trinajstić information content (AvgIpc) is 2.27. The largest absolute Gasteiger partial charge is 0.225 e. The Hall–Kier alpha value is -0.390. The molecule has 0 aliphatic rings. The van der Waals surface area contributed by atoms with Crippen LogP contribution >= 0.6 is 43.6 Å². The normalized spacial score (nSPS) is 10.5. The van der Waals surface area contributed by atoms with Gasteiger partial charge in [0.15, 0.2) is 0 Å². The van der Waals surface area contributed by atoms with Crippen LogP contribution in [0.4, 0.5) is 0 Å². The first-order chi connectivity index (χ1) is 8.15. The third kappa shape index (κ3) is 3.79. The van der Waals surface area contributed by atoms with Gasteiger partial charge in [0.2, 0.25) is 0 Å². The molecule has 0 bridgehead atoms. The van der Waals surface area contributed by atoms with E-state index in [0.29, 0.717) is 0 Å². The molecular weight excluding hydrogens is 364 g/mol. The van der Waals surface area contributed by atoms with Crippen molar-refractivity contribution in [2.75, 3.05) is 0 Å². The van der Waals surface area contributed by atoms with Gasteiger partial charge in [-0.2, -0.15) is 0 Å². The molecule has 5 heteroatoms. The summed E-state index contributed by atoms with van der Waals surface area (Å²) in [5, 5.41) is 0. The molecule has 0 aliphatic carbocycles. The Kier molecular flexibility index (Phi) is 4.59. The Bertz CT molecular complexity index is 511.